The number of halogens is 1. The van der Waals surface area contributed by atoms with Crippen molar-refractivity contribution in [3.63, 3.8) is 0 Å². The summed E-state index contributed by atoms with van der Waals surface area (Å²) < 4.78 is 19.5. The average molecular weight is 405 g/mol. The molecule has 0 bridgehead atoms. The molecule has 0 aromatic heterocycles. The lowest BCUT2D eigenvalue weighted by Crippen LogP contribution is -3.13. The molecule has 1 amide bonds. The molecule has 1 fully saturated rings. The van der Waals surface area contributed by atoms with Gasteiger partial charge in [0.15, 0.2) is 6.61 Å². The number of amides is 1. The Balaban J connectivity index is 1.24. The predicted octanol–water partition coefficient (Wildman–Crippen LogP) is 2.80. The number of benzene rings is 3. The van der Waals surface area contributed by atoms with E-state index in [-0.39, 0.29) is 18.3 Å². The Bertz CT molecular complexity index is 968. The van der Waals surface area contributed by atoms with Crippen LogP contribution in [0.1, 0.15) is 5.56 Å². The normalized spacial score (nSPS) is 14.5. The van der Waals surface area contributed by atoms with Crippen LogP contribution >= 0.6 is 0 Å². The predicted molar refractivity (Wildman–Crippen MR) is 115 cm³/mol. The van der Waals surface area contributed by atoms with Gasteiger partial charge in [-0.15, -0.1) is 0 Å². The lowest BCUT2D eigenvalue weighted by atomic mass is 10.1. The molecule has 154 valence electrons. The third kappa shape index (κ3) is 5.05. The first kappa shape index (κ1) is 20.1. The van der Waals surface area contributed by atoms with Crippen molar-refractivity contribution >= 4 is 5.91 Å². The molecule has 3 aromatic rings. The molecule has 4 nitrogen and oxygen atoms in total. The zero-order valence-electron chi connectivity index (χ0n) is 16.9. The van der Waals surface area contributed by atoms with E-state index in [1.807, 2.05) is 59.5 Å². The summed E-state index contributed by atoms with van der Waals surface area (Å²) in [6.45, 7) is 3.64. The topological polar surface area (TPSA) is 34.0 Å². The van der Waals surface area contributed by atoms with Gasteiger partial charge in [0.1, 0.15) is 18.1 Å². The molecule has 0 saturated carbocycles. The van der Waals surface area contributed by atoms with Crippen molar-refractivity contribution < 1.29 is 18.8 Å². The standard InChI is InChI=1S/C25H25FN2O2/c26-24-9-5-4-8-22(24)18-27-14-16-28(17-15-27)25(29)19-30-23-12-10-21(11-13-23)20-6-2-1-3-7-20/h1-13H,14-19H2/p+1. The quantitative estimate of drug-likeness (QED) is 0.684. The van der Waals surface area contributed by atoms with Crippen LogP contribution in [-0.4, -0.2) is 43.6 Å². The highest BCUT2D eigenvalue weighted by atomic mass is 19.1. The van der Waals surface area contributed by atoms with Gasteiger partial charge in [-0.05, 0) is 29.3 Å². The van der Waals surface area contributed by atoms with Crippen LogP contribution in [0.2, 0.25) is 0 Å². The van der Waals surface area contributed by atoms with Crippen LogP contribution in [0, 0.1) is 5.82 Å². The molecule has 1 heterocycles. The summed E-state index contributed by atoms with van der Waals surface area (Å²) in [5, 5.41) is 0. The average Bonchev–Trinajstić information content (AvgIpc) is 2.80. The number of nitrogens with zero attached hydrogens (tertiary/aromatic N) is 1. The van der Waals surface area contributed by atoms with Crippen molar-refractivity contribution in [2.75, 3.05) is 32.8 Å². The summed E-state index contributed by atoms with van der Waals surface area (Å²) in [4.78, 5) is 15.6. The van der Waals surface area contributed by atoms with E-state index in [4.69, 9.17) is 4.74 Å². The van der Waals surface area contributed by atoms with Crippen LogP contribution in [0.3, 0.4) is 0 Å². The molecule has 1 saturated heterocycles. The van der Waals surface area contributed by atoms with Crippen LogP contribution in [0.25, 0.3) is 11.1 Å². The summed E-state index contributed by atoms with van der Waals surface area (Å²) >= 11 is 0. The number of nitrogens with one attached hydrogen (secondary N) is 1. The molecule has 1 aliphatic rings. The van der Waals surface area contributed by atoms with Gasteiger partial charge in [0.05, 0.1) is 26.2 Å². The van der Waals surface area contributed by atoms with Gasteiger partial charge in [-0.25, -0.2) is 4.39 Å². The van der Waals surface area contributed by atoms with E-state index in [9.17, 15) is 9.18 Å². The van der Waals surface area contributed by atoms with Gasteiger partial charge in [0, 0.05) is 5.56 Å². The Morgan fingerprint density at radius 3 is 2.20 bits per heavy atom. The molecule has 1 N–H and O–H groups in total. The molecule has 1 aliphatic heterocycles. The number of rotatable bonds is 6. The molecule has 0 spiro atoms. The number of hydrogen-bond donors (Lipinski definition) is 1. The van der Waals surface area contributed by atoms with Crippen molar-refractivity contribution in [2.45, 2.75) is 6.54 Å². The number of carbonyl (C=O) groups excluding carboxylic acids is 1. The largest absolute Gasteiger partial charge is 0.484 e. The van der Waals surface area contributed by atoms with E-state index in [2.05, 4.69) is 12.1 Å². The van der Waals surface area contributed by atoms with E-state index < -0.39 is 0 Å². The van der Waals surface area contributed by atoms with E-state index in [0.29, 0.717) is 25.4 Å². The zero-order valence-corrected chi connectivity index (χ0v) is 16.9. The Morgan fingerprint density at radius 1 is 0.867 bits per heavy atom. The summed E-state index contributed by atoms with van der Waals surface area (Å²) in [7, 11) is 0. The Kier molecular flexibility index (Phi) is 6.40. The van der Waals surface area contributed by atoms with E-state index in [1.165, 1.54) is 11.0 Å². The monoisotopic (exact) mass is 405 g/mol. The first-order chi connectivity index (χ1) is 14.7. The van der Waals surface area contributed by atoms with Crippen LogP contribution < -0.4 is 9.64 Å². The number of carbonyl (C=O) groups is 1. The SMILES string of the molecule is O=C(COc1ccc(-c2ccccc2)cc1)N1CC[NH+](Cc2ccccc2F)CC1. The molecule has 3 aromatic carbocycles. The first-order valence-corrected chi connectivity index (χ1v) is 10.3. The lowest BCUT2D eigenvalue weighted by Gasteiger charge is -2.32. The van der Waals surface area contributed by atoms with E-state index >= 15 is 0 Å². The third-order valence-electron chi connectivity index (χ3n) is 5.55. The van der Waals surface area contributed by atoms with Crippen molar-refractivity contribution in [3.05, 3.63) is 90.2 Å². The fourth-order valence-corrected chi connectivity index (χ4v) is 3.77. The van der Waals surface area contributed by atoms with Crippen molar-refractivity contribution in [3.8, 4) is 16.9 Å². The van der Waals surface area contributed by atoms with Gasteiger partial charge in [0.2, 0.25) is 0 Å². The molecular formula is C25H26FN2O2+. The minimum Gasteiger partial charge on any atom is -0.484 e. The number of quaternary nitrogens is 1. The maximum absolute atomic E-state index is 13.8. The second kappa shape index (κ2) is 9.55. The lowest BCUT2D eigenvalue weighted by molar-refractivity contribution is -0.917. The summed E-state index contributed by atoms with van der Waals surface area (Å²) in [6, 6.07) is 24.8. The zero-order chi connectivity index (χ0) is 20.8. The number of piperazine rings is 1. The van der Waals surface area contributed by atoms with Crippen LogP contribution in [0.5, 0.6) is 5.75 Å². The molecule has 4 rings (SSSR count). The maximum atomic E-state index is 13.8. The molecule has 0 unspecified atom stereocenters. The highest BCUT2D eigenvalue weighted by Gasteiger charge is 2.24. The van der Waals surface area contributed by atoms with Gasteiger partial charge in [0.25, 0.3) is 5.91 Å². The van der Waals surface area contributed by atoms with Gasteiger partial charge in [-0.1, -0.05) is 60.7 Å². The van der Waals surface area contributed by atoms with Crippen molar-refractivity contribution in [1.29, 1.82) is 0 Å². The Labute approximate surface area is 176 Å². The second-order valence-corrected chi connectivity index (χ2v) is 7.58. The minimum absolute atomic E-state index is 0.00734. The Hall–Kier alpha value is -3.18. The van der Waals surface area contributed by atoms with Crippen molar-refractivity contribution in [1.82, 2.24) is 4.90 Å². The highest BCUT2D eigenvalue weighted by Crippen LogP contribution is 2.22. The summed E-state index contributed by atoms with van der Waals surface area (Å²) in [5.74, 6) is 0.522. The van der Waals surface area contributed by atoms with Gasteiger partial charge < -0.3 is 14.5 Å². The van der Waals surface area contributed by atoms with Crippen LogP contribution in [0.4, 0.5) is 4.39 Å². The van der Waals surface area contributed by atoms with Gasteiger partial charge in [-0.2, -0.15) is 0 Å². The van der Waals surface area contributed by atoms with Gasteiger partial charge >= 0.3 is 0 Å². The molecular weight excluding hydrogens is 379 g/mol. The first-order valence-electron chi connectivity index (χ1n) is 10.3. The Morgan fingerprint density at radius 2 is 1.50 bits per heavy atom. The number of hydrogen-bond acceptors (Lipinski definition) is 2. The fraction of sp³-hybridized carbons (Fsp3) is 0.240. The van der Waals surface area contributed by atoms with E-state index in [1.54, 1.807) is 6.07 Å². The third-order valence-corrected chi connectivity index (χ3v) is 5.55. The second-order valence-electron chi connectivity index (χ2n) is 7.58. The summed E-state index contributed by atoms with van der Waals surface area (Å²) in [6.07, 6.45) is 0. The molecule has 5 heteroatoms. The minimum atomic E-state index is -0.157. The summed E-state index contributed by atoms with van der Waals surface area (Å²) in [5.41, 5.74) is 2.99. The van der Waals surface area contributed by atoms with Gasteiger partial charge in [-0.3, -0.25) is 4.79 Å². The highest BCUT2D eigenvalue weighted by molar-refractivity contribution is 5.77. The number of ether oxygens (including phenoxy) is 1. The van der Waals surface area contributed by atoms with Crippen LogP contribution in [0.15, 0.2) is 78.9 Å². The molecule has 0 aliphatic carbocycles. The fourth-order valence-electron chi connectivity index (χ4n) is 3.77. The molecule has 30 heavy (non-hydrogen) atoms. The maximum Gasteiger partial charge on any atom is 0.260 e. The molecule has 0 atom stereocenters. The van der Waals surface area contributed by atoms with Crippen molar-refractivity contribution in [2.24, 2.45) is 0 Å². The smallest absolute Gasteiger partial charge is 0.260 e. The van der Waals surface area contributed by atoms with Crippen LogP contribution in [-0.2, 0) is 11.3 Å². The molecule has 0 radical (unpaired) electrons. The van der Waals surface area contributed by atoms with E-state index in [0.717, 1.165) is 29.8 Å².